The number of hydrogen-bond donors (Lipinski definition) is 2. The first-order valence-corrected chi connectivity index (χ1v) is 6.72. The van der Waals surface area contributed by atoms with E-state index in [1.54, 1.807) is 6.92 Å². The smallest absolute Gasteiger partial charge is 0.160 e. The number of nitrogens with one attached hydrogen (secondary N) is 1. The molecule has 1 heterocycles. The van der Waals surface area contributed by atoms with Gasteiger partial charge in [0.2, 0.25) is 0 Å². The lowest BCUT2D eigenvalue weighted by molar-refractivity contribution is 0.629. The molecule has 0 fully saturated rings. The van der Waals surface area contributed by atoms with Crippen LogP contribution in [0.4, 0.5) is 21.7 Å². The third-order valence-electron chi connectivity index (χ3n) is 2.79. The van der Waals surface area contributed by atoms with E-state index in [0.717, 1.165) is 0 Å². The Kier molecular flexibility index (Phi) is 4.30. The van der Waals surface area contributed by atoms with Crippen LogP contribution in [0.1, 0.15) is 18.3 Å². The van der Waals surface area contributed by atoms with E-state index in [-0.39, 0.29) is 10.0 Å². The van der Waals surface area contributed by atoms with Crippen molar-refractivity contribution in [2.45, 2.75) is 20.3 Å². The molecule has 1 aromatic carbocycles. The van der Waals surface area contributed by atoms with Crippen LogP contribution in [-0.4, -0.2) is 9.97 Å². The topological polar surface area (TPSA) is 63.8 Å². The minimum absolute atomic E-state index is 0.0598. The number of anilines is 3. The van der Waals surface area contributed by atoms with E-state index in [2.05, 4.69) is 15.3 Å². The molecule has 7 heteroatoms. The molecule has 0 radical (unpaired) electrons. The molecule has 0 unspecified atom stereocenters. The summed E-state index contributed by atoms with van der Waals surface area (Å²) in [5, 5.41) is 2.91. The summed E-state index contributed by atoms with van der Waals surface area (Å²) in [4.78, 5) is 8.50. The van der Waals surface area contributed by atoms with E-state index in [4.69, 9.17) is 28.9 Å². The van der Waals surface area contributed by atoms with Crippen molar-refractivity contribution in [3.63, 3.8) is 0 Å². The molecule has 0 atom stereocenters. The lowest BCUT2D eigenvalue weighted by Gasteiger charge is -2.12. The van der Waals surface area contributed by atoms with Crippen LogP contribution in [0.25, 0.3) is 0 Å². The van der Waals surface area contributed by atoms with Gasteiger partial charge in [-0.15, -0.1) is 0 Å². The Morgan fingerprint density at radius 2 is 1.85 bits per heavy atom. The van der Waals surface area contributed by atoms with Crippen molar-refractivity contribution in [2.75, 3.05) is 11.1 Å². The van der Waals surface area contributed by atoms with Crippen LogP contribution in [0.2, 0.25) is 10.0 Å². The van der Waals surface area contributed by atoms with Gasteiger partial charge in [-0.3, -0.25) is 0 Å². The zero-order chi connectivity index (χ0) is 14.9. The van der Waals surface area contributed by atoms with Crippen LogP contribution in [0.3, 0.4) is 0 Å². The normalized spacial score (nSPS) is 10.7. The standard InChI is InChI=1S/C13H13Cl2FN4/c1-3-10-19-12(17)6(2)13(20-10)18-7-4-8(14)11(16)9(15)5-7/h4-5H,3H2,1-2H3,(H3,17,18,19,20). The lowest BCUT2D eigenvalue weighted by atomic mass is 10.2. The zero-order valence-corrected chi connectivity index (χ0v) is 12.5. The van der Waals surface area contributed by atoms with Gasteiger partial charge >= 0.3 is 0 Å². The van der Waals surface area contributed by atoms with Crippen LogP contribution in [0.15, 0.2) is 12.1 Å². The van der Waals surface area contributed by atoms with Gasteiger partial charge in [-0.1, -0.05) is 30.1 Å². The molecule has 1 aromatic heterocycles. The molecule has 20 heavy (non-hydrogen) atoms. The molecule has 0 aliphatic rings. The number of benzene rings is 1. The van der Waals surface area contributed by atoms with Gasteiger partial charge in [-0.05, 0) is 19.1 Å². The van der Waals surface area contributed by atoms with Crippen LogP contribution >= 0.6 is 23.2 Å². The molecule has 0 aliphatic carbocycles. The monoisotopic (exact) mass is 314 g/mol. The fourth-order valence-corrected chi connectivity index (χ4v) is 2.11. The zero-order valence-electron chi connectivity index (χ0n) is 11.0. The Morgan fingerprint density at radius 3 is 2.40 bits per heavy atom. The van der Waals surface area contributed by atoms with Crippen molar-refractivity contribution < 1.29 is 4.39 Å². The van der Waals surface area contributed by atoms with Gasteiger partial charge in [0.15, 0.2) is 5.82 Å². The molecular weight excluding hydrogens is 302 g/mol. The Bertz CT molecular complexity index is 638. The number of nitrogen functional groups attached to an aromatic ring is 1. The average Bonchev–Trinajstić information content (AvgIpc) is 2.40. The highest BCUT2D eigenvalue weighted by Crippen LogP contribution is 2.30. The van der Waals surface area contributed by atoms with E-state index in [1.165, 1.54) is 12.1 Å². The van der Waals surface area contributed by atoms with Gasteiger partial charge in [-0.25, -0.2) is 14.4 Å². The van der Waals surface area contributed by atoms with Gasteiger partial charge in [0, 0.05) is 17.7 Å². The van der Waals surface area contributed by atoms with E-state index in [1.807, 2.05) is 6.92 Å². The Labute approximate surface area is 126 Å². The summed E-state index contributed by atoms with van der Waals surface area (Å²) in [5.41, 5.74) is 7.07. The third-order valence-corrected chi connectivity index (χ3v) is 3.34. The van der Waals surface area contributed by atoms with Gasteiger partial charge < -0.3 is 11.1 Å². The van der Waals surface area contributed by atoms with Crippen molar-refractivity contribution in [3.8, 4) is 0 Å². The number of rotatable bonds is 3. The fourth-order valence-electron chi connectivity index (χ4n) is 1.63. The van der Waals surface area contributed by atoms with Crippen molar-refractivity contribution in [3.05, 3.63) is 39.4 Å². The summed E-state index contributed by atoms with van der Waals surface area (Å²) in [6.07, 6.45) is 0.657. The predicted octanol–water partition coefficient (Wildman–Crippen LogP) is 4.12. The van der Waals surface area contributed by atoms with Crippen LogP contribution < -0.4 is 11.1 Å². The number of halogens is 3. The molecule has 2 rings (SSSR count). The molecule has 0 aliphatic heterocycles. The van der Waals surface area contributed by atoms with Crippen molar-refractivity contribution >= 4 is 40.5 Å². The Balaban J connectivity index is 2.42. The minimum Gasteiger partial charge on any atom is -0.383 e. The maximum Gasteiger partial charge on any atom is 0.160 e. The molecule has 0 bridgehead atoms. The van der Waals surface area contributed by atoms with Gasteiger partial charge in [0.05, 0.1) is 10.0 Å². The predicted molar refractivity (Wildman–Crippen MR) is 80.3 cm³/mol. The molecule has 106 valence electrons. The third kappa shape index (κ3) is 2.94. The minimum atomic E-state index is -0.646. The summed E-state index contributed by atoms with van der Waals surface area (Å²) in [6.45, 7) is 3.73. The molecule has 4 nitrogen and oxygen atoms in total. The second-order valence-corrected chi connectivity index (χ2v) is 5.05. The first-order valence-electron chi connectivity index (χ1n) is 5.97. The summed E-state index contributed by atoms with van der Waals surface area (Å²) >= 11 is 11.5. The van der Waals surface area contributed by atoms with Crippen molar-refractivity contribution in [1.29, 1.82) is 0 Å². The largest absolute Gasteiger partial charge is 0.383 e. The Hall–Kier alpha value is -1.59. The summed E-state index contributed by atoms with van der Waals surface area (Å²) in [7, 11) is 0. The quantitative estimate of drug-likeness (QED) is 0.836. The number of nitrogens with zero attached hydrogens (tertiary/aromatic N) is 2. The Morgan fingerprint density at radius 1 is 1.25 bits per heavy atom. The number of nitrogens with two attached hydrogens (primary N) is 1. The maximum atomic E-state index is 13.4. The van der Waals surface area contributed by atoms with E-state index in [9.17, 15) is 4.39 Å². The summed E-state index contributed by atoms with van der Waals surface area (Å²) in [6, 6.07) is 2.87. The lowest BCUT2D eigenvalue weighted by Crippen LogP contribution is -2.06. The molecule has 0 saturated heterocycles. The molecule has 0 amide bonds. The number of aromatic nitrogens is 2. The molecular formula is C13H13Cl2FN4. The number of hydrogen-bond acceptors (Lipinski definition) is 4. The van der Waals surface area contributed by atoms with Gasteiger partial charge in [0.1, 0.15) is 17.5 Å². The van der Waals surface area contributed by atoms with Crippen molar-refractivity contribution in [2.24, 2.45) is 0 Å². The molecule has 2 aromatic rings. The SMILES string of the molecule is CCc1nc(N)c(C)c(Nc2cc(Cl)c(F)c(Cl)c2)n1. The van der Waals surface area contributed by atoms with Gasteiger partial charge in [-0.2, -0.15) is 0 Å². The summed E-state index contributed by atoms with van der Waals surface area (Å²) < 4.78 is 13.4. The second kappa shape index (κ2) is 5.81. The van der Waals surface area contributed by atoms with Gasteiger partial charge in [0.25, 0.3) is 0 Å². The van der Waals surface area contributed by atoms with Crippen LogP contribution in [0.5, 0.6) is 0 Å². The molecule has 3 N–H and O–H groups in total. The molecule has 0 saturated carbocycles. The maximum absolute atomic E-state index is 13.4. The van der Waals surface area contributed by atoms with E-state index < -0.39 is 5.82 Å². The summed E-state index contributed by atoms with van der Waals surface area (Å²) in [5.74, 6) is 0.925. The average molecular weight is 315 g/mol. The van der Waals surface area contributed by atoms with Crippen molar-refractivity contribution in [1.82, 2.24) is 9.97 Å². The van der Waals surface area contributed by atoms with Crippen LogP contribution in [0, 0.1) is 12.7 Å². The molecule has 0 spiro atoms. The first-order chi connectivity index (χ1) is 9.42. The first kappa shape index (κ1) is 14.8. The fraction of sp³-hybridized carbons (Fsp3) is 0.231. The van der Waals surface area contributed by atoms with E-state index >= 15 is 0 Å². The highest BCUT2D eigenvalue weighted by molar-refractivity contribution is 6.35. The van der Waals surface area contributed by atoms with E-state index in [0.29, 0.717) is 35.1 Å². The highest BCUT2D eigenvalue weighted by atomic mass is 35.5. The second-order valence-electron chi connectivity index (χ2n) is 4.23. The highest BCUT2D eigenvalue weighted by Gasteiger charge is 2.11. The van der Waals surface area contributed by atoms with Crippen LogP contribution in [-0.2, 0) is 6.42 Å². The number of aryl methyl sites for hydroxylation is 1.